The van der Waals surface area contributed by atoms with Crippen molar-refractivity contribution in [2.75, 3.05) is 19.6 Å². The quantitative estimate of drug-likeness (QED) is 0.903. The van der Waals surface area contributed by atoms with Gasteiger partial charge in [-0.3, -0.25) is 4.98 Å². The first-order valence-corrected chi connectivity index (χ1v) is 8.93. The van der Waals surface area contributed by atoms with Gasteiger partial charge in [0, 0.05) is 31.5 Å². The van der Waals surface area contributed by atoms with Crippen LogP contribution in [-0.4, -0.2) is 43.4 Å². The van der Waals surface area contributed by atoms with Crippen LogP contribution in [0.5, 0.6) is 0 Å². The SMILES string of the molecule is Cc1cncccccc(S(=O)(=O)N2CCCNCC2C)c1. The molecule has 1 aromatic heterocycles. The molecule has 1 fully saturated rings. The number of nitrogens with one attached hydrogen (secondary N) is 1. The van der Waals surface area contributed by atoms with E-state index in [1.54, 1.807) is 47.0 Å². The Labute approximate surface area is 132 Å². The zero-order chi connectivity index (χ0) is 16.0. The predicted octanol–water partition coefficient (Wildman–Crippen LogP) is 1.89. The molecule has 22 heavy (non-hydrogen) atoms. The molecule has 6 heteroatoms. The van der Waals surface area contributed by atoms with Crippen LogP contribution < -0.4 is 5.32 Å². The largest absolute Gasteiger partial charge is 0.315 e. The molecule has 0 bridgehead atoms. The normalized spacial score (nSPS) is 20.0. The summed E-state index contributed by atoms with van der Waals surface area (Å²) in [6.07, 6.45) is 4.15. The van der Waals surface area contributed by atoms with E-state index in [0.717, 1.165) is 18.5 Å². The van der Waals surface area contributed by atoms with Gasteiger partial charge in [0.05, 0.1) is 4.90 Å². The van der Waals surface area contributed by atoms with Crippen molar-refractivity contribution in [2.45, 2.75) is 31.2 Å². The standard InChI is InChI=1S/C16H23N3O2S/c1-14-11-16(7-4-3-5-8-17-12-14)22(20,21)19-10-6-9-18-13-15(19)2/h3-5,7-8,11-12,15,18H,6,9-10,13H2,1-2H3. The van der Waals surface area contributed by atoms with Gasteiger partial charge in [-0.25, -0.2) is 8.42 Å². The summed E-state index contributed by atoms with van der Waals surface area (Å²) in [5, 5.41) is 3.27. The molecule has 2 heterocycles. The summed E-state index contributed by atoms with van der Waals surface area (Å²) in [5.41, 5.74) is 0.801. The van der Waals surface area contributed by atoms with Crippen LogP contribution in [0.1, 0.15) is 18.9 Å². The van der Waals surface area contributed by atoms with Gasteiger partial charge in [-0.1, -0.05) is 12.1 Å². The molecule has 1 saturated heterocycles. The fourth-order valence-electron chi connectivity index (χ4n) is 2.43. The highest BCUT2D eigenvalue weighted by Gasteiger charge is 2.29. The fourth-order valence-corrected chi connectivity index (χ4v) is 4.20. The number of rotatable bonds is 2. The van der Waals surface area contributed by atoms with Crippen molar-refractivity contribution in [3.05, 3.63) is 48.3 Å². The van der Waals surface area contributed by atoms with Gasteiger partial charge in [-0.15, -0.1) is 0 Å². The maximum Gasteiger partial charge on any atom is 0.243 e. The molecule has 1 N–H and O–H groups in total. The molecule has 0 radical (unpaired) electrons. The predicted molar refractivity (Wildman–Crippen MR) is 87.4 cm³/mol. The second kappa shape index (κ2) is 7.67. The van der Waals surface area contributed by atoms with Gasteiger partial charge in [0.25, 0.3) is 0 Å². The molecule has 1 aromatic rings. The number of sulfonamides is 1. The van der Waals surface area contributed by atoms with Crippen molar-refractivity contribution in [3.8, 4) is 0 Å². The Kier molecular flexibility index (Phi) is 5.88. The monoisotopic (exact) mass is 321 g/mol. The molecule has 1 aliphatic heterocycles. The maximum absolute atomic E-state index is 13.0. The van der Waals surface area contributed by atoms with Gasteiger partial charge in [0.1, 0.15) is 0 Å². The number of hydrogen-bond donors (Lipinski definition) is 1. The van der Waals surface area contributed by atoms with Crippen LogP contribution in [0.15, 0.2) is 47.6 Å². The topological polar surface area (TPSA) is 62.3 Å². The Balaban J connectivity index is 2.50. The minimum absolute atomic E-state index is 0.0601. The van der Waals surface area contributed by atoms with Gasteiger partial charge in [0.2, 0.25) is 10.0 Å². The zero-order valence-electron chi connectivity index (χ0n) is 13.1. The summed E-state index contributed by atoms with van der Waals surface area (Å²) in [4.78, 5) is 4.40. The molecule has 1 aliphatic rings. The van der Waals surface area contributed by atoms with Crippen LogP contribution in [0.2, 0.25) is 0 Å². The van der Waals surface area contributed by atoms with E-state index in [1.807, 2.05) is 13.8 Å². The highest BCUT2D eigenvalue weighted by molar-refractivity contribution is 7.89. The lowest BCUT2D eigenvalue weighted by Crippen LogP contribution is -2.41. The molecule has 120 valence electrons. The number of nitrogens with zero attached hydrogens (tertiary/aromatic N) is 2. The average Bonchev–Trinajstić information content (AvgIpc) is 2.70. The molecule has 0 amide bonds. The van der Waals surface area contributed by atoms with Crippen molar-refractivity contribution in [1.29, 1.82) is 0 Å². The van der Waals surface area contributed by atoms with Crippen molar-refractivity contribution in [3.63, 3.8) is 0 Å². The number of aryl methyl sites for hydroxylation is 1. The summed E-state index contributed by atoms with van der Waals surface area (Å²) in [6.45, 7) is 5.85. The van der Waals surface area contributed by atoms with Crippen molar-refractivity contribution >= 4 is 10.0 Å². The second-order valence-corrected chi connectivity index (χ2v) is 7.37. The van der Waals surface area contributed by atoms with E-state index < -0.39 is 10.0 Å². The number of hydrogen-bond acceptors (Lipinski definition) is 4. The minimum Gasteiger partial charge on any atom is -0.315 e. The number of aromatic nitrogens is 1. The molecule has 5 nitrogen and oxygen atoms in total. The molecular weight excluding hydrogens is 298 g/mol. The molecule has 0 saturated carbocycles. The maximum atomic E-state index is 13.0. The van der Waals surface area contributed by atoms with Crippen LogP contribution in [0.4, 0.5) is 0 Å². The second-order valence-electron chi connectivity index (χ2n) is 5.48. The first kappa shape index (κ1) is 16.9. The van der Waals surface area contributed by atoms with Crippen LogP contribution in [0.25, 0.3) is 0 Å². The van der Waals surface area contributed by atoms with Gasteiger partial charge >= 0.3 is 0 Å². The Morgan fingerprint density at radius 3 is 2.95 bits per heavy atom. The third-order valence-corrected chi connectivity index (χ3v) is 5.58. The lowest BCUT2D eigenvalue weighted by atomic mass is 10.3. The zero-order valence-corrected chi connectivity index (χ0v) is 13.9. The van der Waals surface area contributed by atoms with Gasteiger partial charge in [-0.2, -0.15) is 4.31 Å². The first-order valence-electron chi connectivity index (χ1n) is 7.49. The van der Waals surface area contributed by atoms with E-state index >= 15 is 0 Å². The third kappa shape index (κ3) is 4.25. The van der Waals surface area contributed by atoms with Crippen LogP contribution in [0, 0.1) is 6.92 Å². The lowest BCUT2D eigenvalue weighted by molar-refractivity contribution is 0.353. The minimum atomic E-state index is -3.52. The summed E-state index contributed by atoms with van der Waals surface area (Å²) in [6, 6.07) is 8.54. The molecule has 1 unspecified atom stereocenters. The van der Waals surface area contributed by atoms with E-state index in [1.165, 1.54) is 0 Å². The molecule has 0 aromatic carbocycles. The Morgan fingerprint density at radius 2 is 2.14 bits per heavy atom. The Hall–Kier alpha value is -1.50. The van der Waals surface area contributed by atoms with E-state index in [2.05, 4.69) is 10.3 Å². The molecule has 2 rings (SSSR count). The van der Waals surface area contributed by atoms with Gasteiger partial charge < -0.3 is 5.32 Å². The third-order valence-electron chi connectivity index (χ3n) is 3.57. The van der Waals surface area contributed by atoms with Gasteiger partial charge in [0.15, 0.2) is 0 Å². The summed E-state index contributed by atoms with van der Waals surface area (Å²) >= 11 is 0. The van der Waals surface area contributed by atoms with Gasteiger partial charge in [-0.05, 0) is 50.6 Å². The summed E-state index contributed by atoms with van der Waals surface area (Å²) in [5.74, 6) is 0. The molecular formula is C16H23N3O2S. The van der Waals surface area contributed by atoms with Crippen LogP contribution >= 0.6 is 0 Å². The van der Waals surface area contributed by atoms with Crippen LogP contribution in [-0.2, 0) is 10.0 Å². The highest BCUT2D eigenvalue weighted by atomic mass is 32.2. The van der Waals surface area contributed by atoms with E-state index in [9.17, 15) is 8.42 Å². The Bertz CT molecular complexity index is 660. The average molecular weight is 321 g/mol. The lowest BCUT2D eigenvalue weighted by Gasteiger charge is -2.25. The fraction of sp³-hybridized carbons (Fsp3) is 0.438. The smallest absolute Gasteiger partial charge is 0.243 e. The summed E-state index contributed by atoms with van der Waals surface area (Å²) < 4.78 is 27.6. The van der Waals surface area contributed by atoms with Crippen molar-refractivity contribution in [2.24, 2.45) is 0 Å². The van der Waals surface area contributed by atoms with E-state index in [0.29, 0.717) is 18.0 Å². The van der Waals surface area contributed by atoms with Crippen molar-refractivity contribution < 1.29 is 8.42 Å². The summed E-state index contributed by atoms with van der Waals surface area (Å²) in [7, 11) is -3.52. The van der Waals surface area contributed by atoms with E-state index in [-0.39, 0.29) is 6.04 Å². The van der Waals surface area contributed by atoms with E-state index in [4.69, 9.17) is 0 Å². The Morgan fingerprint density at radius 1 is 1.32 bits per heavy atom. The van der Waals surface area contributed by atoms with Crippen LogP contribution in [0.3, 0.4) is 0 Å². The molecule has 0 spiro atoms. The highest BCUT2D eigenvalue weighted by Crippen LogP contribution is 2.19. The molecule has 0 aliphatic carbocycles. The van der Waals surface area contributed by atoms with Crippen molar-refractivity contribution in [1.82, 2.24) is 14.6 Å². The molecule has 1 atom stereocenters. The first-order chi connectivity index (χ1) is 10.5.